The van der Waals surface area contributed by atoms with Gasteiger partial charge in [-0.15, -0.1) is 0 Å². The van der Waals surface area contributed by atoms with Crippen molar-refractivity contribution in [3.8, 4) is 0 Å². The van der Waals surface area contributed by atoms with E-state index in [0.29, 0.717) is 30.1 Å². The Hall–Kier alpha value is -2.93. The molecule has 1 rings (SSSR count). The maximum atomic E-state index is 13.6. The van der Waals surface area contributed by atoms with E-state index >= 15 is 0 Å². The minimum atomic E-state index is -1.00. The van der Waals surface area contributed by atoms with E-state index < -0.39 is 6.17 Å². The standard InChI is InChI=1S/C13H22FN3.C10H16N2O.C2H6/c1-3-5-10-11(14)6-7-12(13(10)16)17-8-9(15)4-2;1-4-5-8(2)6-9(13)7-10(11)12-3;1-2/h3,5,7,9,11,17H,4,6,8,15-16H2,1-2H3;4-7,12-13H,2,11H2,1,3H3;1-2H3/b5-3-;5-4-,9-6+,10-7+;. The first-order valence-corrected chi connectivity index (χ1v) is 11.0. The van der Waals surface area contributed by atoms with Crippen molar-refractivity contribution < 1.29 is 9.50 Å². The van der Waals surface area contributed by atoms with E-state index in [2.05, 4.69) is 17.2 Å². The normalized spacial score (nSPS) is 17.8. The third-order valence-electron chi connectivity index (χ3n) is 4.20. The molecule has 1 aliphatic rings. The highest BCUT2D eigenvalue weighted by atomic mass is 19.1. The molecule has 0 fully saturated rings. The molecule has 32 heavy (non-hydrogen) atoms. The van der Waals surface area contributed by atoms with Crippen molar-refractivity contribution in [1.29, 1.82) is 0 Å². The summed E-state index contributed by atoms with van der Waals surface area (Å²) in [5.74, 6) is 0.483. The molecule has 0 saturated heterocycles. The predicted molar refractivity (Wildman–Crippen MR) is 137 cm³/mol. The molecule has 0 amide bonds. The second-order valence-electron chi connectivity index (χ2n) is 6.73. The highest BCUT2D eigenvalue weighted by Crippen LogP contribution is 2.24. The quantitative estimate of drug-likeness (QED) is 0.230. The van der Waals surface area contributed by atoms with Crippen molar-refractivity contribution in [3.63, 3.8) is 0 Å². The van der Waals surface area contributed by atoms with Crippen molar-refractivity contribution in [2.24, 2.45) is 17.2 Å². The van der Waals surface area contributed by atoms with Crippen LogP contribution in [0.25, 0.3) is 0 Å². The Morgan fingerprint density at radius 1 is 1.31 bits per heavy atom. The summed E-state index contributed by atoms with van der Waals surface area (Å²) in [5, 5.41) is 15.2. The lowest BCUT2D eigenvalue weighted by atomic mass is 9.97. The van der Waals surface area contributed by atoms with E-state index in [9.17, 15) is 9.50 Å². The van der Waals surface area contributed by atoms with Crippen LogP contribution in [0.4, 0.5) is 4.39 Å². The zero-order chi connectivity index (χ0) is 25.1. The summed E-state index contributed by atoms with van der Waals surface area (Å²) in [6, 6.07) is 0.0944. The van der Waals surface area contributed by atoms with Crippen LogP contribution in [0.15, 0.2) is 83.2 Å². The minimum absolute atomic E-state index is 0.0787. The molecule has 0 radical (unpaired) electrons. The van der Waals surface area contributed by atoms with E-state index in [1.54, 1.807) is 31.4 Å². The molecule has 182 valence electrons. The second kappa shape index (κ2) is 18.8. The largest absolute Gasteiger partial charge is 0.508 e. The number of nitrogens with one attached hydrogen (secondary N) is 2. The molecule has 0 aromatic heterocycles. The van der Waals surface area contributed by atoms with Crippen LogP contribution >= 0.6 is 0 Å². The molecule has 9 N–H and O–H groups in total. The van der Waals surface area contributed by atoms with E-state index in [1.165, 1.54) is 12.2 Å². The fourth-order valence-electron chi connectivity index (χ4n) is 2.43. The lowest BCUT2D eigenvalue weighted by Gasteiger charge is -2.22. The first-order valence-electron chi connectivity index (χ1n) is 11.0. The van der Waals surface area contributed by atoms with Crippen molar-refractivity contribution in [2.45, 2.75) is 59.7 Å². The summed E-state index contributed by atoms with van der Waals surface area (Å²) < 4.78 is 13.6. The molecule has 0 saturated carbocycles. The Labute approximate surface area is 194 Å². The van der Waals surface area contributed by atoms with Crippen molar-refractivity contribution >= 4 is 0 Å². The molecule has 0 aromatic carbocycles. The molecule has 2 atom stereocenters. The fraction of sp³-hybridized carbons (Fsp3) is 0.440. The molecule has 0 spiro atoms. The zero-order valence-electron chi connectivity index (χ0n) is 20.6. The number of allylic oxidation sites excluding steroid dienone is 9. The molecule has 0 aromatic rings. The van der Waals surface area contributed by atoms with Gasteiger partial charge in [0.15, 0.2) is 0 Å². The zero-order valence-corrected chi connectivity index (χ0v) is 20.6. The van der Waals surface area contributed by atoms with Crippen molar-refractivity contribution in [3.05, 3.63) is 83.2 Å². The van der Waals surface area contributed by atoms with Gasteiger partial charge >= 0.3 is 0 Å². The Morgan fingerprint density at radius 2 is 1.94 bits per heavy atom. The number of rotatable bonds is 9. The highest BCUT2D eigenvalue weighted by Gasteiger charge is 2.20. The van der Waals surface area contributed by atoms with Gasteiger partial charge in [-0.2, -0.15) is 0 Å². The Balaban J connectivity index is 0. The smallest absolute Gasteiger partial charge is 0.131 e. The lowest BCUT2D eigenvalue weighted by molar-refractivity contribution is 0.383. The van der Waals surface area contributed by atoms with E-state index in [1.807, 2.05) is 40.7 Å². The van der Waals surface area contributed by atoms with Gasteiger partial charge in [0.25, 0.3) is 0 Å². The van der Waals surface area contributed by atoms with Gasteiger partial charge in [-0.3, -0.25) is 0 Å². The summed E-state index contributed by atoms with van der Waals surface area (Å²) in [5.41, 5.74) is 19.8. The van der Waals surface area contributed by atoms with E-state index in [0.717, 1.165) is 17.7 Å². The molecular weight excluding hydrogens is 405 g/mol. The van der Waals surface area contributed by atoms with Crippen LogP contribution in [0.3, 0.4) is 0 Å². The van der Waals surface area contributed by atoms with Gasteiger partial charge < -0.3 is 32.9 Å². The summed E-state index contributed by atoms with van der Waals surface area (Å²) in [6.45, 7) is 14.1. The molecular formula is C25H44FN5O. The Kier molecular flexibility index (Phi) is 18.4. The summed E-state index contributed by atoms with van der Waals surface area (Å²) in [4.78, 5) is 0. The van der Waals surface area contributed by atoms with Crippen LogP contribution in [0.2, 0.25) is 0 Å². The van der Waals surface area contributed by atoms with Gasteiger partial charge in [0.05, 0.1) is 17.2 Å². The summed E-state index contributed by atoms with van der Waals surface area (Å²) in [6.07, 6.45) is 12.2. The Morgan fingerprint density at radius 3 is 2.44 bits per heavy atom. The lowest BCUT2D eigenvalue weighted by Crippen LogP contribution is -2.35. The molecule has 0 heterocycles. The third kappa shape index (κ3) is 13.4. The summed E-state index contributed by atoms with van der Waals surface area (Å²) in [7, 11) is 1.68. The first-order chi connectivity index (χ1) is 15.2. The maximum Gasteiger partial charge on any atom is 0.131 e. The number of hydrogen-bond acceptors (Lipinski definition) is 6. The number of aliphatic hydroxyl groups excluding tert-OH is 1. The average molecular weight is 450 g/mol. The molecule has 7 heteroatoms. The highest BCUT2D eigenvalue weighted by molar-refractivity contribution is 5.42. The van der Waals surface area contributed by atoms with Gasteiger partial charge in [-0.1, -0.05) is 57.7 Å². The van der Waals surface area contributed by atoms with Crippen molar-refractivity contribution in [1.82, 2.24) is 10.6 Å². The predicted octanol–water partition coefficient (Wildman–Crippen LogP) is 4.33. The monoisotopic (exact) mass is 449 g/mol. The molecule has 6 nitrogen and oxygen atoms in total. The van der Waals surface area contributed by atoms with Gasteiger partial charge in [0.2, 0.25) is 0 Å². The third-order valence-corrected chi connectivity index (χ3v) is 4.20. The number of alkyl halides is 1. The van der Waals surface area contributed by atoms with Gasteiger partial charge in [-0.25, -0.2) is 4.39 Å². The van der Waals surface area contributed by atoms with Crippen LogP contribution < -0.4 is 27.8 Å². The average Bonchev–Trinajstić information content (AvgIpc) is 2.77. The van der Waals surface area contributed by atoms with Gasteiger partial charge in [0.1, 0.15) is 11.9 Å². The van der Waals surface area contributed by atoms with Crippen LogP contribution in [-0.4, -0.2) is 30.9 Å². The van der Waals surface area contributed by atoms with Gasteiger partial charge in [0, 0.05) is 37.7 Å². The van der Waals surface area contributed by atoms with Crippen LogP contribution in [-0.2, 0) is 0 Å². The van der Waals surface area contributed by atoms with Crippen LogP contribution in [0.1, 0.15) is 47.5 Å². The number of nitrogens with two attached hydrogens (primary N) is 3. The molecule has 0 aliphatic heterocycles. The maximum absolute atomic E-state index is 13.6. The topological polar surface area (TPSA) is 122 Å². The van der Waals surface area contributed by atoms with Crippen molar-refractivity contribution in [2.75, 3.05) is 13.6 Å². The van der Waals surface area contributed by atoms with E-state index in [-0.39, 0.29) is 11.8 Å². The fourth-order valence-corrected chi connectivity index (χ4v) is 2.43. The molecule has 1 aliphatic carbocycles. The molecule has 2 unspecified atom stereocenters. The van der Waals surface area contributed by atoms with Crippen LogP contribution in [0, 0.1) is 0 Å². The van der Waals surface area contributed by atoms with Gasteiger partial charge in [-0.05, 0) is 31.9 Å². The minimum Gasteiger partial charge on any atom is -0.508 e. The second-order valence-corrected chi connectivity index (χ2v) is 6.73. The Bertz CT molecular complexity index is 733. The number of halogens is 1. The SMILES string of the molecule is C/C=C\C1=C(N)C(NCC(N)CC)=CCC1F.C=C(/C=C\C)/C=C(O)\C=C(/N)NC.CC. The number of aliphatic hydroxyl groups is 1. The van der Waals surface area contributed by atoms with E-state index in [4.69, 9.17) is 17.2 Å². The number of hydrogen-bond donors (Lipinski definition) is 6. The first kappa shape index (κ1) is 31.3. The summed E-state index contributed by atoms with van der Waals surface area (Å²) >= 11 is 0. The van der Waals surface area contributed by atoms with Crippen LogP contribution in [0.5, 0.6) is 0 Å². The molecule has 0 bridgehead atoms.